The molecule has 3 N–H and O–H groups in total. The quantitative estimate of drug-likeness (QED) is 0.752. The van der Waals surface area contributed by atoms with E-state index < -0.39 is 0 Å². The van der Waals surface area contributed by atoms with Gasteiger partial charge in [-0.2, -0.15) is 0 Å². The van der Waals surface area contributed by atoms with E-state index in [1.54, 1.807) is 6.07 Å². The zero-order valence-electron chi connectivity index (χ0n) is 15.4. The van der Waals surface area contributed by atoms with Crippen LogP contribution in [0.4, 0.5) is 11.4 Å². The van der Waals surface area contributed by atoms with Crippen LogP contribution in [0.15, 0.2) is 48.5 Å². The number of hydrogen-bond acceptors (Lipinski definition) is 4. The molecule has 1 aliphatic heterocycles. The average molecular weight is 352 g/mol. The van der Waals surface area contributed by atoms with Gasteiger partial charge in [-0.25, -0.2) is 0 Å². The fourth-order valence-electron chi connectivity index (χ4n) is 3.41. The van der Waals surface area contributed by atoms with Gasteiger partial charge in [-0.3, -0.25) is 9.69 Å². The van der Waals surface area contributed by atoms with Gasteiger partial charge in [0.1, 0.15) is 0 Å². The molecule has 1 saturated heterocycles. The largest absolute Gasteiger partial charge is 0.384 e. The third-order valence-corrected chi connectivity index (χ3v) is 4.90. The van der Waals surface area contributed by atoms with E-state index in [-0.39, 0.29) is 5.91 Å². The molecule has 0 aliphatic carbocycles. The van der Waals surface area contributed by atoms with Crippen molar-refractivity contribution in [1.29, 1.82) is 0 Å². The Morgan fingerprint density at radius 3 is 2.50 bits per heavy atom. The Morgan fingerprint density at radius 1 is 1.08 bits per heavy atom. The van der Waals surface area contributed by atoms with Crippen LogP contribution in [-0.4, -0.2) is 50.1 Å². The number of amides is 1. The molecule has 5 heteroatoms. The highest BCUT2D eigenvalue weighted by atomic mass is 16.1. The van der Waals surface area contributed by atoms with Crippen LogP contribution in [0.2, 0.25) is 0 Å². The zero-order chi connectivity index (χ0) is 18.4. The van der Waals surface area contributed by atoms with E-state index in [2.05, 4.69) is 45.4 Å². The first kappa shape index (κ1) is 18.3. The van der Waals surface area contributed by atoms with Gasteiger partial charge in [-0.1, -0.05) is 24.3 Å². The first-order valence-corrected chi connectivity index (χ1v) is 9.30. The van der Waals surface area contributed by atoms with E-state index in [1.165, 1.54) is 5.69 Å². The molecule has 5 nitrogen and oxygen atoms in total. The maximum absolute atomic E-state index is 11.5. The molecule has 2 aromatic carbocycles. The summed E-state index contributed by atoms with van der Waals surface area (Å²) in [6.45, 7) is 8.23. The summed E-state index contributed by atoms with van der Waals surface area (Å²) in [5.74, 6) is -0.385. The van der Waals surface area contributed by atoms with Crippen LogP contribution in [0.5, 0.6) is 0 Å². The van der Waals surface area contributed by atoms with E-state index >= 15 is 0 Å². The lowest BCUT2D eigenvalue weighted by Crippen LogP contribution is -2.46. The highest BCUT2D eigenvalue weighted by molar-refractivity contribution is 5.98. The fourth-order valence-corrected chi connectivity index (χ4v) is 3.41. The molecule has 138 valence electrons. The van der Waals surface area contributed by atoms with Gasteiger partial charge in [-0.15, -0.1) is 0 Å². The monoisotopic (exact) mass is 352 g/mol. The van der Waals surface area contributed by atoms with Crippen LogP contribution in [0.1, 0.15) is 22.3 Å². The molecule has 0 radical (unpaired) electrons. The second-order valence-electron chi connectivity index (χ2n) is 6.86. The number of aryl methyl sites for hydroxylation is 1. The van der Waals surface area contributed by atoms with Crippen molar-refractivity contribution in [2.45, 2.75) is 13.3 Å². The topological polar surface area (TPSA) is 61.6 Å². The Hall–Kier alpha value is -2.53. The summed E-state index contributed by atoms with van der Waals surface area (Å²) in [5.41, 5.74) is 9.29. The van der Waals surface area contributed by atoms with Crippen molar-refractivity contribution in [3.05, 3.63) is 59.7 Å². The second-order valence-corrected chi connectivity index (χ2v) is 6.86. The van der Waals surface area contributed by atoms with Crippen molar-refractivity contribution in [1.82, 2.24) is 4.90 Å². The number of rotatable bonds is 7. The molecule has 1 fully saturated rings. The number of piperazine rings is 1. The summed E-state index contributed by atoms with van der Waals surface area (Å²) in [7, 11) is 0. The first-order valence-electron chi connectivity index (χ1n) is 9.30. The summed E-state index contributed by atoms with van der Waals surface area (Å²) in [4.78, 5) is 16.5. The molecule has 1 aliphatic rings. The van der Waals surface area contributed by atoms with E-state index in [0.29, 0.717) is 5.56 Å². The van der Waals surface area contributed by atoms with Crippen LogP contribution in [0.3, 0.4) is 0 Å². The summed E-state index contributed by atoms with van der Waals surface area (Å²) >= 11 is 0. The Bertz CT molecular complexity index is 724. The number of anilines is 2. The summed E-state index contributed by atoms with van der Waals surface area (Å²) < 4.78 is 0. The molecular formula is C21H28N4O. The van der Waals surface area contributed by atoms with Gasteiger partial charge in [-0.05, 0) is 49.7 Å². The molecular weight excluding hydrogens is 324 g/mol. The predicted molar refractivity (Wildman–Crippen MR) is 108 cm³/mol. The number of hydrogen-bond donors (Lipinski definition) is 2. The van der Waals surface area contributed by atoms with Crippen molar-refractivity contribution in [2.24, 2.45) is 5.73 Å². The predicted octanol–water partition coefficient (Wildman–Crippen LogP) is 2.72. The van der Waals surface area contributed by atoms with Crippen molar-refractivity contribution in [3.8, 4) is 0 Å². The van der Waals surface area contributed by atoms with Crippen molar-refractivity contribution >= 4 is 17.3 Å². The number of para-hydroxylation sites is 1. The molecule has 0 bridgehead atoms. The molecule has 0 saturated carbocycles. The normalized spacial score (nSPS) is 15.0. The van der Waals surface area contributed by atoms with E-state index in [4.69, 9.17) is 5.73 Å². The molecule has 0 aromatic heterocycles. The number of nitrogens with one attached hydrogen (secondary N) is 1. The Kier molecular flexibility index (Phi) is 6.12. The summed E-state index contributed by atoms with van der Waals surface area (Å²) in [6, 6.07) is 16.3. The van der Waals surface area contributed by atoms with Crippen LogP contribution in [0.25, 0.3) is 0 Å². The van der Waals surface area contributed by atoms with E-state index in [0.717, 1.165) is 56.9 Å². The highest BCUT2D eigenvalue weighted by Crippen LogP contribution is 2.18. The van der Waals surface area contributed by atoms with Crippen LogP contribution < -0.4 is 16.0 Å². The molecule has 1 heterocycles. The molecule has 0 spiro atoms. The molecule has 3 rings (SSSR count). The van der Waals surface area contributed by atoms with E-state index in [9.17, 15) is 4.79 Å². The van der Waals surface area contributed by atoms with Gasteiger partial charge in [0.2, 0.25) is 0 Å². The Labute approximate surface area is 155 Å². The lowest BCUT2D eigenvalue weighted by Gasteiger charge is -2.36. The SMILES string of the molecule is Cc1ccc(C(N)=O)c(NCCCN2CCN(c3ccccc3)CC2)c1. The smallest absolute Gasteiger partial charge is 0.250 e. The number of carbonyl (C=O) groups excluding carboxylic acids is 1. The number of benzene rings is 2. The number of nitrogens with zero attached hydrogens (tertiary/aromatic N) is 2. The summed E-state index contributed by atoms with van der Waals surface area (Å²) in [5, 5.41) is 3.37. The minimum Gasteiger partial charge on any atom is -0.384 e. The van der Waals surface area contributed by atoms with Gasteiger partial charge < -0.3 is 16.0 Å². The third-order valence-electron chi connectivity index (χ3n) is 4.90. The molecule has 1 amide bonds. The molecule has 0 atom stereocenters. The van der Waals surface area contributed by atoms with Crippen LogP contribution >= 0.6 is 0 Å². The second kappa shape index (κ2) is 8.72. The van der Waals surface area contributed by atoms with Crippen molar-refractivity contribution < 1.29 is 4.79 Å². The molecule has 0 unspecified atom stereocenters. The van der Waals surface area contributed by atoms with Crippen molar-refractivity contribution in [2.75, 3.05) is 49.5 Å². The van der Waals surface area contributed by atoms with Gasteiger partial charge >= 0.3 is 0 Å². The number of primary amides is 1. The first-order chi connectivity index (χ1) is 12.6. The highest BCUT2D eigenvalue weighted by Gasteiger charge is 2.16. The van der Waals surface area contributed by atoms with Gasteiger partial charge in [0.05, 0.1) is 5.56 Å². The Morgan fingerprint density at radius 2 is 1.81 bits per heavy atom. The minimum atomic E-state index is -0.385. The van der Waals surface area contributed by atoms with Crippen LogP contribution in [0, 0.1) is 6.92 Å². The third kappa shape index (κ3) is 4.76. The van der Waals surface area contributed by atoms with Gasteiger partial charge in [0, 0.05) is 44.1 Å². The fraction of sp³-hybridized carbons (Fsp3) is 0.381. The molecule has 26 heavy (non-hydrogen) atoms. The molecule has 2 aromatic rings. The van der Waals surface area contributed by atoms with E-state index in [1.807, 2.05) is 19.1 Å². The standard InChI is InChI=1S/C21H28N4O/c1-17-8-9-19(21(22)26)20(16-17)23-10-5-11-24-12-14-25(15-13-24)18-6-3-2-4-7-18/h2-4,6-9,16,23H,5,10-15H2,1H3,(H2,22,26). The lowest BCUT2D eigenvalue weighted by atomic mass is 10.1. The summed E-state index contributed by atoms with van der Waals surface area (Å²) in [6.07, 6.45) is 1.04. The minimum absolute atomic E-state index is 0.385. The Balaban J connectivity index is 1.41. The van der Waals surface area contributed by atoms with Gasteiger partial charge in [0.25, 0.3) is 5.91 Å². The maximum atomic E-state index is 11.5. The zero-order valence-corrected chi connectivity index (χ0v) is 15.4. The lowest BCUT2D eigenvalue weighted by molar-refractivity contribution is 0.100. The average Bonchev–Trinajstić information content (AvgIpc) is 2.66. The number of carbonyl (C=O) groups is 1. The van der Waals surface area contributed by atoms with Crippen molar-refractivity contribution in [3.63, 3.8) is 0 Å². The number of nitrogens with two attached hydrogens (primary N) is 1. The van der Waals surface area contributed by atoms with Gasteiger partial charge in [0.15, 0.2) is 0 Å². The van der Waals surface area contributed by atoms with Crippen LogP contribution in [-0.2, 0) is 0 Å². The maximum Gasteiger partial charge on any atom is 0.250 e.